The third-order valence-corrected chi connectivity index (χ3v) is 7.11. The fraction of sp³-hybridized carbons (Fsp3) is 0.350. The SMILES string of the molecule is O=C(Nc1ccc(F)cc1)c1cc(S(=O)(=O)N2CCC3(CC2)OCCO3)ccc1F. The van der Waals surface area contributed by atoms with Crippen LogP contribution >= 0.6 is 0 Å². The molecule has 1 N–H and O–H groups in total. The van der Waals surface area contributed by atoms with Crippen molar-refractivity contribution in [3.63, 3.8) is 0 Å². The minimum atomic E-state index is -3.93. The van der Waals surface area contributed by atoms with Crippen LogP contribution in [0.4, 0.5) is 14.5 Å². The van der Waals surface area contributed by atoms with Gasteiger partial charge in [0.2, 0.25) is 10.0 Å². The number of carbonyl (C=O) groups is 1. The van der Waals surface area contributed by atoms with Crippen molar-refractivity contribution in [3.05, 3.63) is 59.7 Å². The van der Waals surface area contributed by atoms with Crippen LogP contribution in [0.25, 0.3) is 0 Å². The number of piperidine rings is 1. The Morgan fingerprint density at radius 2 is 1.63 bits per heavy atom. The molecule has 2 fully saturated rings. The van der Waals surface area contributed by atoms with Crippen LogP contribution in [0.2, 0.25) is 0 Å². The number of nitrogens with one attached hydrogen (secondary N) is 1. The molecule has 2 aromatic carbocycles. The van der Waals surface area contributed by atoms with Gasteiger partial charge in [-0.25, -0.2) is 17.2 Å². The number of nitrogens with zero attached hydrogens (tertiary/aromatic N) is 1. The maximum Gasteiger partial charge on any atom is 0.258 e. The average molecular weight is 438 g/mol. The van der Waals surface area contributed by atoms with Crippen LogP contribution in [0.1, 0.15) is 23.2 Å². The lowest BCUT2D eigenvalue weighted by molar-refractivity contribution is -0.179. The number of rotatable bonds is 4. The number of halogens is 2. The maximum absolute atomic E-state index is 14.3. The Balaban J connectivity index is 1.53. The van der Waals surface area contributed by atoms with E-state index in [4.69, 9.17) is 9.47 Å². The number of benzene rings is 2. The molecule has 0 aromatic heterocycles. The van der Waals surface area contributed by atoms with Gasteiger partial charge in [-0.15, -0.1) is 0 Å². The molecule has 30 heavy (non-hydrogen) atoms. The number of carbonyl (C=O) groups excluding carboxylic acids is 1. The fourth-order valence-corrected chi connectivity index (χ4v) is 5.04. The number of hydrogen-bond donors (Lipinski definition) is 1. The van der Waals surface area contributed by atoms with E-state index in [-0.39, 0.29) is 23.7 Å². The Bertz CT molecular complexity index is 1040. The average Bonchev–Trinajstić information content (AvgIpc) is 3.18. The van der Waals surface area contributed by atoms with Crippen molar-refractivity contribution in [1.29, 1.82) is 0 Å². The first-order valence-corrected chi connectivity index (χ1v) is 10.9. The third kappa shape index (κ3) is 4.08. The van der Waals surface area contributed by atoms with Gasteiger partial charge in [-0.1, -0.05) is 0 Å². The van der Waals surface area contributed by atoms with E-state index in [1.54, 1.807) is 0 Å². The van der Waals surface area contributed by atoms with Crippen molar-refractivity contribution >= 4 is 21.6 Å². The second kappa shape index (κ2) is 8.03. The van der Waals surface area contributed by atoms with E-state index in [1.165, 1.54) is 16.4 Å². The predicted octanol–water partition coefficient (Wildman–Crippen LogP) is 2.74. The highest BCUT2D eigenvalue weighted by molar-refractivity contribution is 7.89. The smallest absolute Gasteiger partial charge is 0.258 e. The third-order valence-electron chi connectivity index (χ3n) is 5.22. The van der Waals surface area contributed by atoms with Gasteiger partial charge < -0.3 is 14.8 Å². The summed E-state index contributed by atoms with van der Waals surface area (Å²) in [5.74, 6) is -2.90. The van der Waals surface area contributed by atoms with Crippen LogP contribution in [0, 0.1) is 11.6 Å². The number of hydrogen-bond acceptors (Lipinski definition) is 5. The van der Waals surface area contributed by atoms with Gasteiger partial charge in [0.25, 0.3) is 5.91 Å². The topological polar surface area (TPSA) is 84.9 Å². The Hall–Kier alpha value is -2.40. The van der Waals surface area contributed by atoms with Gasteiger partial charge in [-0.2, -0.15) is 4.31 Å². The first kappa shape index (κ1) is 20.9. The molecule has 10 heteroatoms. The van der Waals surface area contributed by atoms with Crippen LogP contribution < -0.4 is 5.32 Å². The number of sulfonamides is 1. The maximum atomic E-state index is 14.3. The summed E-state index contributed by atoms with van der Waals surface area (Å²) in [5, 5.41) is 2.43. The molecule has 0 radical (unpaired) electrons. The zero-order chi connectivity index (χ0) is 21.4. The summed E-state index contributed by atoms with van der Waals surface area (Å²) in [4.78, 5) is 12.3. The summed E-state index contributed by atoms with van der Waals surface area (Å²) in [6.07, 6.45) is 0.788. The van der Waals surface area contributed by atoms with E-state index in [2.05, 4.69) is 5.32 Å². The fourth-order valence-electron chi connectivity index (χ4n) is 3.57. The van der Waals surface area contributed by atoms with Crippen molar-refractivity contribution in [2.24, 2.45) is 0 Å². The first-order chi connectivity index (χ1) is 14.3. The van der Waals surface area contributed by atoms with Gasteiger partial charge in [0, 0.05) is 31.6 Å². The van der Waals surface area contributed by atoms with Crippen LogP contribution in [-0.4, -0.2) is 50.7 Å². The van der Waals surface area contributed by atoms with Crippen molar-refractivity contribution in [2.45, 2.75) is 23.5 Å². The highest BCUT2D eigenvalue weighted by atomic mass is 32.2. The summed E-state index contributed by atoms with van der Waals surface area (Å²) in [5.41, 5.74) is -0.164. The van der Waals surface area contributed by atoms with E-state index in [0.29, 0.717) is 26.1 Å². The highest BCUT2D eigenvalue weighted by Gasteiger charge is 2.42. The molecule has 160 valence electrons. The summed E-state index contributed by atoms with van der Waals surface area (Å²) in [6, 6.07) is 8.02. The van der Waals surface area contributed by atoms with Crippen molar-refractivity contribution in [2.75, 3.05) is 31.6 Å². The van der Waals surface area contributed by atoms with Crippen LogP contribution in [-0.2, 0) is 19.5 Å². The standard InChI is InChI=1S/C20H20F2N2O5S/c21-14-1-3-15(4-2-14)23-19(25)17-13-16(5-6-18(17)22)30(26,27)24-9-7-20(8-10-24)28-11-12-29-20/h1-6,13H,7-12H2,(H,23,25). The largest absolute Gasteiger partial charge is 0.347 e. The summed E-state index contributed by atoms with van der Waals surface area (Å²) in [7, 11) is -3.93. The molecular weight excluding hydrogens is 418 g/mol. The van der Waals surface area contributed by atoms with Crippen molar-refractivity contribution in [3.8, 4) is 0 Å². The number of anilines is 1. The summed E-state index contributed by atoms with van der Waals surface area (Å²) < 4.78 is 65.8. The molecule has 0 bridgehead atoms. The van der Waals surface area contributed by atoms with E-state index < -0.39 is 38.9 Å². The van der Waals surface area contributed by atoms with Crippen molar-refractivity contribution < 1.29 is 31.5 Å². The molecule has 4 rings (SSSR count). The number of amides is 1. The molecule has 0 unspecified atom stereocenters. The second-order valence-corrected chi connectivity index (χ2v) is 9.05. The lowest BCUT2D eigenvalue weighted by Gasteiger charge is -2.36. The summed E-state index contributed by atoms with van der Waals surface area (Å²) >= 11 is 0. The molecule has 1 spiro atoms. The van der Waals surface area contributed by atoms with E-state index in [0.717, 1.165) is 30.3 Å². The van der Waals surface area contributed by atoms with Crippen LogP contribution in [0.5, 0.6) is 0 Å². The molecule has 0 aliphatic carbocycles. The highest BCUT2D eigenvalue weighted by Crippen LogP contribution is 2.33. The Kier molecular flexibility index (Phi) is 5.58. The second-order valence-electron chi connectivity index (χ2n) is 7.11. The zero-order valence-electron chi connectivity index (χ0n) is 15.9. The van der Waals surface area contributed by atoms with E-state index >= 15 is 0 Å². The van der Waals surface area contributed by atoms with Gasteiger partial charge in [0.15, 0.2) is 5.79 Å². The predicted molar refractivity (Wildman–Crippen MR) is 103 cm³/mol. The minimum Gasteiger partial charge on any atom is -0.347 e. The van der Waals surface area contributed by atoms with Gasteiger partial charge in [0.1, 0.15) is 11.6 Å². The molecule has 2 aliphatic rings. The lowest BCUT2D eigenvalue weighted by atomic mass is 10.1. The van der Waals surface area contributed by atoms with Gasteiger partial charge in [-0.3, -0.25) is 4.79 Å². The van der Waals surface area contributed by atoms with Crippen molar-refractivity contribution in [1.82, 2.24) is 4.31 Å². The Morgan fingerprint density at radius 3 is 2.27 bits per heavy atom. The first-order valence-electron chi connectivity index (χ1n) is 9.44. The Morgan fingerprint density at radius 1 is 1.00 bits per heavy atom. The monoisotopic (exact) mass is 438 g/mol. The number of ether oxygens (including phenoxy) is 2. The molecule has 0 saturated carbocycles. The zero-order valence-corrected chi connectivity index (χ0v) is 16.8. The molecule has 7 nitrogen and oxygen atoms in total. The Labute approximate surface area is 172 Å². The molecular formula is C20H20F2N2O5S. The minimum absolute atomic E-state index is 0.183. The molecule has 1 amide bonds. The van der Waals surface area contributed by atoms with E-state index in [1.807, 2.05) is 0 Å². The normalized spacial score (nSPS) is 19.1. The molecule has 2 heterocycles. The van der Waals surface area contributed by atoms with Gasteiger partial charge in [-0.05, 0) is 42.5 Å². The summed E-state index contributed by atoms with van der Waals surface area (Å²) in [6.45, 7) is 1.35. The van der Waals surface area contributed by atoms with Crippen LogP contribution in [0.3, 0.4) is 0 Å². The molecule has 2 saturated heterocycles. The van der Waals surface area contributed by atoms with Gasteiger partial charge >= 0.3 is 0 Å². The molecule has 0 atom stereocenters. The van der Waals surface area contributed by atoms with Crippen LogP contribution in [0.15, 0.2) is 47.4 Å². The van der Waals surface area contributed by atoms with E-state index in [9.17, 15) is 22.0 Å². The lowest BCUT2D eigenvalue weighted by Crippen LogP contribution is -2.47. The molecule has 2 aromatic rings. The van der Waals surface area contributed by atoms with Gasteiger partial charge in [0.05, 0.1) is 23.7 Å². The quantitative estimate of drug-likeness (QED) is 0.794. The molecule has 2 aliphatic heterocycles.